The lowest BCUT2D eigenvalue weighted by Crippen LogP contribution is -2.51. The maximum absolute atomic E-state index is 16.2. The van der Waals surface area contributed by atoms with Crippen LogP contribution in [0.5, 0.6) is 0 Å². The summed E-state index contributed by atoms with van der Waals surface area (Å²) in [4.78, 5) is 85.2. The molecule has 3 heterocycles. The van der Waals surface area contributed by atoms with Crippen LogP contribution in [0, 0.1) is 23.0 Å². The number of ether oxygens (including phenoxy) is 4. The first-order valence-corrected chi connectivity index (χ1v) is 20.8. The molecule has 1 aromatic heterocycles. The molecule has 0 aliphatic carbocycles. The molecule has 64 heavy (non-hydrogen) atoms. The minimum Gasteiger partial charge on any atom is -0.453 e. The molecular formula is C45H55F3N6O10. The van der Waals surface area contributed by atoms with Crippen LogP contribution in [-0.4, -0.2) is 131 Å². The van der Waals surface area contributed by atoms with Crippen LogP contribution in [0.4, 0.5) is 22.8 Å². The van der Waals surface area contributed by atoms with E-state index in [2.05, 4.69) is 5.32 Å². The largest absolute Gasteiger partial charge is 0.453 e. The molecule has 2 aliphatic heterocycles. The molecular weight excluding hydrogens is 842 g/mol. The lowest BCUT2D eigenvalue weighted by Gasteiger charge is -2.43. The van der Waals surface area contributed by atoms with E-state index >= 15 is 8.78 Å². The lowest BCUT2D eigenvalue weighted by molar-refractivity contribution is -0.161. The predicted molar refractivity (Wildman–Crippen MR) is 225 cm³/mol. The second-order valence-corrected chi connectivity index (χ2v) is 17.3. The van der Waals surface area contributed by atoms with E-state index in [0.29, 0.717) is 0 Å². The molecule has 0 saturated carbocycles. The molecule has 5 amide bonds. The number of nitrogens with one attached hydrogen (secondary N) is 1. The number of halogens is 3. The van der Waals surface area contributed by atoms with Crippen LogP contribution < -0.4 is 5.32 Å². The van der Waals surface area contributed by atoms with Gasteiger partial charge in [-0.25, -0.2) is 27.7 Å². The van der Waals surface area contributed by atoms with Crippen molar-refractivity contribution in [3.8, 4) is 11.3 Å². The molecule has 19 heteroatoms. The topological polar surface area (TPSA) is 179 Å². The van der Waals surface area contributed by atoms with Crippen LogP contribution in [0.1, 0.15) is 65.9 Å². The molecule has 16 nitrogen and oxygen atoms in total. The van der Waals surface area contributed by atoms with Gasteiger partial charge < -0.3 is 38.6 Å². The Kier molecular flexibility index (Phi) is 16.0. The first-order chi connectivity index (χ1) is 30.1. The number of imide groups is 1. The van der Waals surface area contributed by atoms with Crippen LogP contribution in [0.15, 0.2) is 66.9 Å². The number of hydrogen-bond donors (Lipinski definition) is 1. The summed E-state index contributed by atoms with van der Waals surface area (Å²) in [5.41, 5.74) is -1.64. The summed E-state index contributed by atoms with van der Waals surface area (Å²) in [6, 6.07) is 10.7. The second-order valence-electron chi connectivity index (χ2n) is 17.3. The Morgan fingerprint density at radius 3 is 2.31 bits per heavy atom. The average molecular weight is 897 g/mol. The molecule has 1 N–H and O–H groups in total. The van der Waals surface area contributed by atoms with Gasteiger partial charge in [0.25, 0.3) is 17.7 Å². The standard InChI is InChI=1S/C45H55F3N6O10/c1-28(63-29(2)55)41(58)54(24-31-23-52(25-35(31)48)43(60)64-44(3,4)5)39(45(6,7)27-62-42(59)49-17-19-61-20-18-53-37(56)15-16-38(53)57)40-50-36(33-21-32(46)13-14-34(33)47)26-51(40)22-30-11-9-8-10-12-30/h8-16,21,26,28,31,35,39H,17-20,22-25,27H2,1-7H3,(H,49,59)/t28-,31?,35?,39-/m0/s1. The quantitative estimate of drug-likeness (QED) is 0.0728. The van der Waals surface area contributed by atoms with Crippen LogP contribution in [0.2, 0.25) is 0 Å². The van der Waals surface area contributed by atoms with Gasteiger partial charge in [-0.1, -0.05) is 44.2 Å². The number of hydrogen-bond acceptors (Lipinski definition) is 11. The summed E-state index contributed by atoms with van der Waals surface area (Å²) >= 11 is 0. The smallest absolute Gasteiger partial charge is 0.410 e. The van der Waals surface area contributed by atoms with Gasteiger partial charge in [-0.15, -0.1) is 0 Å². The number of benzene rings is 2. The number of nitrogens with zero attached hydrogens (tertiary/aromatic N) is 5. The molecule has 0 bridgehead atoms. The molecule has 2 aromatic carbocycles. The highest BCUT2D eigenvalue weighted by atomic mass is 19.1. The van der Waals surface area contributed by atoms with Crippen molar-refractivity contribution in [1.82, 2.24) is 29.6 Å². The molecule has 1 saturated heterocycles. The Bertz CT molecular complexity index is 2190. The van der Waals surface area contributed by atoms with E-state index in [-0.39, 0.29) is 69.6 Å². The van der Waals surface area contributed by atoms with E-state index in [4.69, 9.17) is 23.9 Å². The molecule has 3 aromatic rings. The van der Waals surface area contributed by atoms with Crippen molar-refractivity contribution < 1.29 is 60.9 Å². The van der Waals surface area contributed by atoms with Crippen molar-refractivity contribution in [2.75, 3.05) is 52.5 Å². The van der Waals surface area contributed by atoms with Gasteiger partial charge in [0.05, 0.1) is 38.0 Å². The number of alkyl carbamates (subject to hydrolysis) is 1. The van der Waals surface area contributed by atoms with Crippen molar-refractivity contribution >= 4 is 35.9 Å². The Morgan fingerprint density at radius 1 is 0.969 bits per heavy atom. The fourth-order valence-electron chi connectivity index (χ4n) is 7.39. The number of aromatic nitrogens is 2. The van der Waals surface area contributed by atoms with Gasteiger partial charge in [-0.05, 0) is 51.5 Å². The Hall–Kier alpha value is -6.24. The normalized spacial score (nSPS) is 17.3. The summed E-state index contributed by atoms with van der Waals surface area (Å²) < 4.78 is 70.0. The zero-order valence-corrected chi connectivity index (χ0v) is 37.0. The van der Waals surface area contributed by atoms with Gasteiger partial charge in [-0.3, -0.25) is 24.1 Å². The number of amides is 5. The van der Waals surface area contributed by atoms with E-state index in [0.717, 1.165) is 47.7 Å². The summed E-state index contributed by atoms with van der Waals surface area (Å²) in [5.74, 6) is -4.86. The minimum atomic E-state index is -1.64. The Labute approximate surface area is 369 Å². The van der Waals surface area contributed by atoms with Gasteiger partial charge in [0.15, 0.2) is 6.10 Å². The van der Waals surface area contributed by atoms with E-state index in [9.17, 15) is 33.2 Å². The molecule has 2 unspecified atom stereocenters. The molecule has 4 atom stereocenters. The van der Waals surface area contributed by atoms with Gasteiger partial charge in [0, 0.05) is 68.3 Å². The van der Waals surface area contributed by atoms with Crippen LogP contribution in [0.25, 0.3) is 11.3 Å². The number of rotatable bonds is 18. The number of likely N-dealkylation sites (tertiary alicyclic amines) is 1. The molecule has 5 rings (SSSR count). The fraction of sp³-hybridized carbons (Fsp3) is 0.489. The molecule has 0 radical (unpaired) electrons. The average Bonchev–Trinajstić information content (AvgIpc) is 3.90. The van der Waals surface area contributed by atoms with Gasteiger partial charge >= 0.3 is 18.2 Å². The summed E-state index contributed by atoms with van der Waals surface area (Å²) in [6.07, 6.45) is -0.870. The van der Waals surface area contributed by atoms with Gasteiger partial charge in [-0.2, -0.15) is 0 Å². The fourth-order valence-corrected chi connectivity index (χ4v) is 7.39. The number of carbonyl (C=O) groups excluding carboxylic acids is 6. The number of alkyl halides is 1. The maximum atomic E-state index is 16.2. The number of esters is 1. The summed E-state index contributed by atoms with van der Waals surface area (Å²) in [6.45, 7) is 9.70. The minimum absolute atomic E-state index is 0.00196. The van der Waals surface area contributed by atoms with E-state index in [1.54, 1.807) is 51.3 Å². The maximum Gasteiger partial charge on any atom is 0.410 e. The van der Waals surface area contributed by atoms with Crippen molar-refractivity contribution in [1.29, 1.82) is 0 Å². The van der Waals surface area contributed by atoms with E-state index in [1.165, 1.54) is 22.9 Å². The molecule has 1 fully saturated rings. The Balaban J connectivity index is 1.51. The third kappa shape index (κ3) is 12.9. The molecule has 346 valence electrons. The summed E-state index contributed by atoms with van der Waals surface area (Å²) in [5, 5.41) is 2.57. The molecule has 2 aliphatic rings. The first kappa shape index (κ1) is 48.8. The number of imidazole rings is 1. The zero-order chi connectivity index (χ0) is 46.9. The van der Waals surface area contributed by atoms with Crippen LogP contribution in [-0.2, 0) is 44.7 Å². The SMILES string of the molecule is CC(=O)O[C@@H](C)C(=O)N(CC1CN(C(=O)OC(C)(C)C)CC1F)[C@@H](c1nc(-c2cc(F)ccc2F)cn1Cc1ccccc1)C(C)(C)COC(=O)NCCOCCN1C(=O)C=CC1=O. The highest BCUT2D eigenvalue weighted by Crippen LogP contribution is 2.42. The zero-order valence-electron chi connectivity index (χ0n) is 37.0. The van der Waals surface area contributed by atoms with Gasteiger partial charge in [0.2, 0.25) is 0 Å². The first-order valence-electron chi connectivity index (χ1n) is 20.8. The lowest BCUT2D eigenvalue weighted by atomic mass is 9.82. The van der Waals surface area contributed by atoms with Crippen LogP contribution in [0.3, 0.4) is 0 Å². The van der Waals surface area contributed by atoms with E-state index < -0.39 is 89.4 Å². The van der Waals surface area contributed by atoms with Gasteiger partial charge in [0.1, 0.15) is 35.8 Å². The number of carbonyl (C=O) groups is 6. The molecule has 0 spiro atoms. The third-order valence-electron chi connectivity index (χ3n) is 10.4. The monoisotopic (exact) mass is 896 g/mol. The highest BCUT2D eigenvalue weighted by Gasteiger charge is 2.47. The van der Waals surface area contributed by atoms with Crippen molar-refractivity contribution in [3.05, 3.63) is 89.9 Å². The van der Waals surface area contributed by atoms with E-state index in [1.807, 2.05) is 18.2 Å². The van der Waals surface area contributed by atoms with Crippen molar-refractivity contribution in [2.45, 2.75) is 78.9 Å². The van der Waals surface area contributed by atoms with Crippen molar-refractivity contribution in [2.24, 2.45) is 11.3 Å². The van der Waals surface area contributed by atoms with Crippen LogP contribution >= 0.6 is 0 Å². The Morgan fingerprint density at radius 2 is 1.66 bits per heavy atom. The highest BCUT2D eigenvalue weighted by molar-refractivity contribution is 6.12. The predicted octanol–water partition coefficient (Wildman–Crippen LogP) is 5.60. The third-order valence-corrected chi connectivity index (χ3v) is 10.4. The summed E-state index contributed by atoms with van der Waals surface area (Å²) in [7, 11) is 0. The van der Waals surface area contributed by atoms with Crippen molar-refractivity contribution in [3.63, 3.8) is 0 Å². The second kappa shape index (κ2) is 21.0.